The molecule has 0 saturated heterocycles. The van der Waals surface area contributed by atoms with E-state index in [0.29, 0.717) is 24.3 Å². The van der Waals surface area contributed by atoms with Crippen LogP contribution in [0.3, 0.4) is 0 Å². The van der Waals surface area contributed by atoms with Gasteiger partial charge in [0.25, 0.3) is 5.91 Å². The highest BCUT2D eigenvalue weighted by Gasteiger charge is 2.38. The molecule has 3 aromatic rings. The number of aromatic nitrogens is 1. The van der Waals surface area contributed by atoms with E-state index in [1.807, 2.05) is 51.1 Å². The first-order valence-corrected chi connectivity index (χ1v) is 12.4. The van der Waals surface area contributed by atoms with Crippen molar-refractivity contribution in [3.8, 4) is 5.75 Å². The second-order valence-electron chi connectivity index (χ2n) is 9.69. The molecule has 0 aliphatic heterocycles. The highest BCUT2D eigenvalue weighted by Crippen LogP contribution is 2.27. The summed E-state index contributed by atoms with van der Waals surface area (Å²) in [7, 11) is 0. The van der Waals surface area contributed by atoms with Gasteiger partial charge in [-0.1, -0.05) is 38.5 Å². The minimum atomic E-state index is -0.509. The Morgan fingerprint density at radius 1 is 1.11 bits per heavy atom. The molecule has 1 aromatic heterocycles. The molecule has 1 aliphatic rings. The van der Waals surface area contributed by atoms with Crippen LogP contribution in [0.1, 0.15) is 54.7 Å². The van der Waals surface area contributed by atoms with Gasteiger partial charge < -0.3 is 15.4 Å². The number of hydrogen-bond donors (Lipinski definition) is 4. The van der Waals surface area contributed by atoms with Crippen molar-refractivity contribution in [2.24, 2.45) is 5.92 Å². The molecule has 0 spiro atoms. The number of carbonyl (C=O) groups excluding carboxylic acids is 2. The van der Waals surface area contributed by atoms with E-state index in [1.54, 1.807) is 29.7 Å². The van der Waals surface area contributed by atoms with Crippen LogP contribution in [0.5, 0.6) is 5.75 Å². The number of nitrogens with one attached hydrogen (secondary N) is 3. The van der Waals surface area contributed by atoms with Crippen molar-refractivity contribution in [3.63, 3.8) is 0 Å². The van der Waals surface area contributed by atoms with E-state index < -0.39 is 17.9 Å². The van der Waals surface area contributed by atoms with Gasteiger partial charge in [-0.05, 0) is 56.2 Å². The van der Waals surface area contributed by atoms with Crippen LogP contribution in [0, 0.1) is 12.8 Å². The molecule has 1 heterocycles. The Morgan fingerprint density at radius 3 is 2.58 bits per heavy atom. The lowest BCUT2D eigenvalue weighted by Crippen LogP contribution is -2.59. The first kappa shape index (κ1) is 25.6. The summed E-state index contributed by atoms with van der Waals surface area (Å²) in [4.78, 5) is 30.0. The molecule has 2 aromatic carbocycles. The van der Waals surface area contributed by atoms with Crippen LogP contribution in [0.15, 0.2) is 54.6 Å². The molecule has 0 bridgehead atoms. The van der Waals surface area contributed by atoms with Gasteiger partial charge >= 0.3 is 0 Å². The third-order valence-electron chi connectivity index (χ3n) is 6.63. The number of rotatable bonds is 8. The Labute approximate surface area is 211 Å². The number of pyridine rings is 1. The fourth-order valence-corrected chi connectivity index (χ4v) is 5.00. The minimum absolute atomic E-state index is 0.0637. The molecular weight excluding hydrogens is 456 g/mol. The quantitative estimate of drug-likeness (QED) is 0.282. The molecule has 3 atom stereocenters. The summed E-state index contributed by atoms with van der Waals surface area (Å²) >= 11 is 0. The predicted molar refractivity (Wildman–Crippen MR) is 138 cm³/mol. The molecular formula is C28H34N4O4. The van der Waals surface area contributed by atoms with Crippen LogP contribution >= 0.6 is 0 Å². The van der Waals surface area contributed by atoms with Crippen molar-refractivity contribution < 1.29 is 19.5 Å². The van der Waals surface area contributed by atoms with Gasteiger partial charge in [-0.15, -0.1) is 0 Å². The summed E-state index contributed by atoms with van der Waals surface area (Å²) in [6, 6.07) is 16.7. The minimum Gasteiger partial charge on any atom is -0.489 e. The summed E-state index contributed by atoms with van der Waals surface area (Å²) in [6.45, 7) is 6.41. The zero-order valence-corrected chi connectivity index (χ0v) is 21.0. The highest BCUT2D eigenvalue weighted by molar-refractivity contribution is 5.95. The average Bonchev–Trinajstić information content (AvgIpc) is 2.87. The summed E-state index contributed by atoms with van der Waals surface area (Å²) in [5, 5.41) is 16.8. The maximum Gasteiger partial charge on any atom is 0.251 e. The van der Waals surface area contributed by atoms with Gasteiger partial charge in [-0.2, -0.15) is 0 Å². The van der Waals surface area contributed by atoms with Gasteiger partial charge in [-0.3, -0.25) is 19.8 Å². The van der Waals surface area contributed by atoms with E-state index in [9.17, 15) is 14.8 Å². The van der Waals surface area contributed by atoms with Crippen molar-refractivity contribution in [1.82, 2.24) is 21.1 Å². The fraction of sp³-hybridized carbons (Fsp3) is 0.393. The molecule has 36 heavy (non-hydrogen) atoms. The number of carbonyl (C=O) groups is 2. The first-order valence-electron chi connectivity index (χ1n) is 12.4. The molecule has 1 aliphatic carbocycles. The van der Waals surface area contributed by atoms with Crippen LogP contribution in [0.4, 0.5) is 0 Å². The van der Waals surface area contributed by atoms with Gasteiger partial charge in [0.1, 0.15) is 12.4 Å². The van der Waals surface area contributed by atoms with E-state index in [0.717, 1.165) is 35.0 Å². The number of fused-ring (bicyclic) bond motifs is 1. The van der Waals surface area contributed by atoms with E-state index in [4.69, 9.17) is 4.74 Å². The standard InChI is InChI=1S/C28H34N4O4/c1-17(2)29-25-10-6-8-23(28(34)32-35)26(25)31-27(33)19-11-13-21(14-12-19)36-16-20-15-18(3)30-24-9-5-4-7-22(20)24/h4-5,7,9,11-15,17,23,25-26,29,35H,6,8,10,16H2,1-3H3,(H,31,33)(H,32,34). The molecule has 1 fully saturated rings. The predicted octanol–water partition coefficient (Wildman–Crippen LogP) is 3.89. The van der Waals surface area contributed by atoms with Crippen LogP contribution in [0.25, 0.3) is 10.9 Å². The maximum atomic E-state index is 13.1. The molecule has 4 rings (SSSR count). The lowest BCUT2D eigenvalue weighted by molar-refractivity contribution is -0.135. The number of ether oxygens (including phenoxy) is 1. The van der Waals surface area contributed by atoms with Crippen LogP contribution in [-0.4, -0.2) is 40.1 Å². The molecule has 4 N–H and O–H groups in total. The molecule has 1 saturated carbocycles. The highest BCUT2D eigenvalue weighted by atomic mass is 16.5. The van der Waals surface area contributed by atoms with Crippen molar-refractivity contribution in [2.45, 2.75) is 64.8 Å². The fourth-order valence-electron chi connectivity index (χ4n) is 5.00. The maximum absolute atomic E-state index is 13.1. The van der Waals surface area contributed by atoms with Gasteiger partial charge in [0.15, 0.2) is 0 Å². The lowest BCUT2D eigenvalue weighted by Gasteiger charge is -2.39. The second kappa shape index (κ2) is 11.5. The number of para-hydroxylation sites is 1. The molecule has 3 unspecified atom stereocenters. The summed E-state index contributed by atoms with van der Waals surface area (Å²) in [5.74, 6) is -0.599. The van der Waals surface area contributed by atoms with Gasteiger partial charge in [0.2, 0.25) is 5.91 Å². The van der Waals surface area contributed by atoms with Crippen LogP contribution in [0.2, 0.25) is 0 Å². The molecule has 2 amide bonds. The van der Waals surface area contributed by atoms with Gasteiger partial charge in [0.05, 0.1) is 17.5 Å². The SMILES string of the molecule is Cc1cc(COc2ccc(C(=O)NC3C(NC(C)C)CCCC3C(=O)NO)cc2)c2ccccc2n1. The van der Waals surface area contributed by atoms with E-state index in [-0.39, 0.29) is 18.0 Å². The zero-order chi connectivity index (χ0) is 25.7. The summed E-state index contributed by atoms with van der Waals surface area (Å²) < 4.78 is 6.01. The topological polar surface area (TPSA) is 113 Å². The van der Waals surface area contributed by atoms with Gasteiger partial charge in [0, 0.05) is 34.3 Å². The third kappa shape index (κ3) is 6.01. The van der Waals surface area contributed by atoms with Crippen molar-refractivity contribution >= 4 is 22.7 Å². The number of benzene rings is 2. The van der Waals surface area contributed by atoms with Gasteiger partial charge in [-0.25, -0.2) is 5.48 Å². The normalized spacial score (nSPS) is 19.8. The molecule has 8 heteroatoms. The zero-order valence-electron chi connectivity index (χ0n) is 21.0. The Morgan fingerprint density at radius 2 is 1.86 bits per heavy atom. The van der Waals surface area contributed by atoms with E-state index in [2.05, 4.69) is 15.6 Å². The van der Waals surface area contributed by atoms with Crippen LogP contribution in [-0.2, 0) is 11.4 Å². The number of hydroxylamine groups is 1. The Kier molecular flexibility index (Phi) is 8.18. The molecule has 0 radical (unpaired) electrons. The Hall–Kier alpha value is -3.49. The summed E-state index contributed by atoms with van der Waals surface area (Å²) in [5.41, 5.74) is 5.15. The van der Waals surface area contributed by atoms with E-state index in [1.165, 1.54) is 0 Å². The Bertz CT molecular complexity index is 1210. The van der Waals surface area contributed by atoms with E-state index >= 15 is 0 Å². The van der Waals surface area contributed by atoms with Crippen LogP contribution < -0.4 is 20.9 Å². The number of amides is 2. The first-order chi connectivity index (χ1) is 17.4. The molecule has 190 valence electrons. The summed E-state index contributed by atoms with van der Waals surface area (Å²) in [6.07, 6.45) is 2.28. The smallest absolute Gasteiger partial charge is 0.251 e. The van der Waals surface area contributed by atoms with Crippen molar-refractivity contribution in [3.05, 3.63) is 71.4 Å². The third-order valence-corrected chi connectivity index (χ3v) is 6.63. The second-order valence-corrected chi connectivity index (χ2v) is 9.69. The van der Waals surface area contributed by atoms with Crippen molar-refractivity contribution in [2.75, 3.05) is 0 Å². The molecule has 8 nitrogen and oxygen atoms in total. The van der Waals surface area contributed by atoms with Crippen molar-refractivity contribution in [1.29, 1.82) is 0 Å². The lowest BCUT2D eigenvalue weighted by atomic mass is 9.80. The number of nitrogens with zero attached hydrogens (tertiary/aromatic N) is 1. The average molecular weight is 491 g/mol. The number of hydrogen-bond acceptors (Lipinski definition) is 6. The largest absolute Gasteiger partial charge is 0.489 e. The number of aryl methyl sites for hydroxylation is 1. The Balaban J connectivity index is 1.44. The monoisotopic (exact) mass is 490 g/mol.